The van der Waals surface area contributed by atoms with Gasteiger partial charge in [0.2, 0.25) is 5.88 Å². The van der Waals surface area contributed by atoms with E-state index < -0.39 is 0 Å². The second-order valence-corrected chi connectivity index (χ2v) is 6.64. The predicted molar refractivity (Wildman–Crippen MR) is 96.9 cm³/mol. The summed E-state index contributed by atoms with van der Waals surface area (Å²) in [4.78, 5) is 3.97. The third-order valence-electron chi connectivity index (χ3n) is 4.16. The number of ether oxygens (including phenoxy) is 1. The lowest BCUT2D eigenvalue weighted by Crippen LogP contribution is -1.97. The van der Waals surface area contributed by atoms with E-state index in [9.17, 15) is 0 Å². The summed E-state index contributed by atoms with van der Waals surface area (Å²) in [5, 5.41) is 5.74. The molecule has 0 aliphatic heterocycles. The van der Waals surface area contributed by atoms with Gasteiger partial charge < -0.3 is 4.74 Å². The largest absolute Gasteiger partial charge is 0.481 e. The zero-order valence-corrected chi connectivity index (χ0v) is 14.6. The first-order valence-corrected chi connectivity index (χ1v) is 8.46. The van der Waals surface area contributed by atoms with Crippen molar-refractivity contribution in [3.63, 3.8) is 0 Å². The van der Waals surface area contributed by atoms with Crippen molar-refractivity contribution >= 4 is 40.9 Å². The Morgan fingerprint density at radius 2 is 1.92 bits per heavy atom. The third-order valence-corrected chi connectivity index (χ3v) is 4.77. The summed E-state index contributed by atoms with van der Waals surface area (Å²) in [7, 11) is 1.65. The maximum absolute atomic E-state index is 6.18. The molecule has 0 spiro atoms. The number of hydrogen-bond acceptors (Lipinski definition) is 3. The van der Waals surface area contributed by atoms with Crippen LogP contribution in [-0.2, 0) is 0 Å². The fraction of sp³-hybridized carbons (Fsp3) is 0.222. The van der Waals surface area contributed by atoms with Crippen molar-refractivity contribution in [1.82, 2.24) is 14.6 Å². The molecular weight excluding hydrogens is 345 g/mol. The molecule has 1 aliphatic carbocycles. The molecule has 122 valence electrons. The maximum Gasteiger partial charge on any atom is 0.214 e. The second-order valence-electron chi connectivity index (χ2n) is 5.82. The zero-order valence-electron chi connectivity index (χ0n) is 13.0. The Hall–Kier alpha value is -2.04. The van der Waals surface area contributed by atoms with Gasteiger partial charge in [-0.05, 0) is 25.0 Å². The van der Waals surface area contributed by atoms with Gasteiger partial charge >= 0.3 is 0 Å². The Bertz CT molecular complexity index is 925. The molecule has 0 atom stereocenters. The molecule has 0 N–H and O–H groups in total. The predicted octanol–water partition coefficient (Wildman–Crippen LogP) is 5.09. The van der Waals surface area contributed by atoms with Gasteiger partial charge in [-0.15, -0.1) is 0 Å². The number of halogens is 2. The van der Waals surface area contributed by atoms with Gasteiger partial charge in [-0.3, -0.25) is 4.98 Å². The number of pyridine rings is 2. The fourth-order valence-corrected chi connectivity index (χ4v) is 3.21. The molecule has 24 heavy (non-hydrogen) atoms. The molecule has 3 aromatic heterocycles. The third kappa shape index (κ3) is 2.76. The Balaban J connectivity index is 1.80. The molecule has 4 rings (SSSR count). The number of methoxy groups -OCH3 is 1. The topological polar surface area (TPSA) is 39.4 Å². The van der Waals surface area contributed by atoms with Crippen molar-refractivity contribution in [2.75, 3.05) is 7.11 Å². The van der Waals surface area contributed by atoms with Crippen molar-refractivity contribution < 1.29 is 4.74 Å². The van der Waals surface area contributed by atoms with E-state index in [1.807, 2.05) is 28.8 Å². The molecule has 1 aliphatic rings. The molecule has 0 unspecified atom stereocenters. The Labute approximate surface area is 149 Å². The van der Waals surface area contributed by atoms with E-state index >= 15 is 0 Å². The lowest BCUT2D eigenvalue weighted by molar-refractivity contribution is 0.385. The van der Waals surface area contributed by atoms with Gasteiger partial charge in [0.15, 0.2) is 0 Å². The molecule has 4 nitrogen and oxygen atoms in total. The van der Waals surface area contributed by atoms with E-state index in [1.54, 1.807) is 19.5 Å². The van der Waals surface area contributed by atoms with Crippen molar-refractivity contribution in [3.05, 3.63) is 57.5 Å². The number of hydrogen-bond donors (Lipinski definition) is 0. The smallest absolute Gasteiger partial charge is 0.214 e. The first kappa shape index (κ1) is 15.5. The number of nitrogens with zero attached hydrogens (tertiary/aromatic N) is 3. The molecule has 0 aromatic carbocycles. The van der Waals surface area contributed by atoms with Crippen LogP contribution < -0.4 is 4.74 Å². The maximum atomic E-state index is 6.18. The van der Waals surface area contributed by atoms with Gasteiger partial charge in [-0.2, -0.15) is 5.10 Å². The highest BCUT2D eigenvalue weighted by Gasteiger charge is 2.27. The number of aromatic nitrogens is 3. The quantitative estimate of drug-likeness (QED) is 0.650. The van der Waals surface area contributed by atoms with E-state index in [1.165, 1.54) is 12.8 Å². The van der Waals surface area contributed by atoms with Crippen LogP contribution in [0.1, 0.15) is 35.6 Å². The van der Waals surface area contributed by atoms with Crippen molar-refractivity contribution in [3.8, 4) is 5.88 Å². The second kappa shape index (κ2) is 6.11. The minimum atomic E-state index is 0.524. The monoisotopic (exact) mass is 359 g/mol. The Morgan fingerprint density at radius 1 is 1.17 bits per heavy atom. The minimum Gasteiger partial charge on any atom is -0.481 e. The van der Waals surface area contributed by atoms with Gasteiger partial charge in [0, 0.05) is 35.5 Å². The van der Waals surface area contributed by atoms with Crippen LogP contribution in [0.25, 0.3) is 17.7 Å². The summed E-state index contributed by atoms with van der Waals surface area (Å²) >= 11 is 12.4. The zero-order chi connectivity index (χ0) is 16.7. The number of fused-ring (bicyclic) bond motifs is 1. The first-order valence-electron chi connectivity index (χ1n) is 7.71. The molecule has 3 heterocycles. The SMILES string of the molecule is COc1ccc(C=Cc2c(Cl)cncc2Cl)c2cc(C3CC3)nn12. The molecule has 0 radical (unpaired) electrons. The standard InChI is InChI=1S/C18H15Cl2N3O/c1-24-18-7-5-12(4-6-13-14(19)9-21-10-15(13)20)17-8-16(11-2-3-11)22-23(17)18/h4-11H,2-3H2,1H3. The molecule has 1 saturated carbocycles. The van der Waals surface area contributed by atoms with Gasteiger partial charge in [0.1, 0.15) is 0 Å². The molecule has 0 saturated heterocycles. The fourth-order valence-electron chi connectivity index (χ4n) is 2.72. The lowest BCUT2D eigenvalue weighted by Gasteiger charge is -2.05. The van der Waals surface area contributed by atoms with E-state index in [4.69, 9.17) is 33.0 Å². The summed E-state index contributed by atoms with van der Waals surface area (Å²) in [5.41, 5.74) is 3.91. The molecule has 6 heteroatoms. The average Bonchev–Trinajstić information content (AvgIpc) is 3.33. The average molecular weight is 360 g/mol. The summed E-state index contributed by atoms with van der Waals surface area (Å²) in [6.07, 6.45) is 9.47. The Morgan fingerprint density at radius 3 is 2.58 bits per heavy atom. The van der Waals surface area contributed by atoms with E-state index in [2.05, 4.69) is 11.1 Å². The van der Waals surface area contributed by atoms with Crippen molar-refractivity contribution in [2.24, 2.45) is 0 Å². The normalized spacial score (nSPS) is 14.6. The molecule has 3 aromatic rings. The Kier molecular flexibility index (Phi) is 3.94. The van der Waals surface area contributed by atoms with Gasteiger partial charge in [0.05, 0.1) is 28.4 Å². The highest BCUT2D eigenvalue weighted by Crippen LogP contribution is 2.40. The molecule has 0 amide bonds. The van der Waals surface area contributed by atoms with Gasteiger partial charge in [0.25, 0.3) is 0 Å². The van der Waals surface area contributed by atoms with Gasteiger partial charge in [-0.25, -0.2) is 4.52 Å². The summed E-state index contributed by atoms with van der Waals surface area (Å²) in [6.45, 7) is 0. The van der Waals surface area contributed by atoms with E-state index in [0.29, 0.717) is 21.8 Å². The van der Waals surface area contributed by atoms with Gasteiger partial charge in [-0.1, -0.05) is 35.4 Å². The van der Waals surface area contributed by atoms with Crippen LogP contribution in [0.2, 0.25) is 10.0 Å². The highest BCUT2D eigenvalue weighted by atomic mass is 35.5. The first-order chi connectivity index (χ1) is 11.7. The van der Waals surface area contributed by atoms with E-state index in [-0.39, 0.29) is 0 Å². The van der Waals surface area contributed by atoms with Crippen LogP contribution in [0.3, 0.4) is 0 Å². The van der Waals surface area contributed by atoms with Crippen molar-refractivity contribution in [1.29, 1.82) is 0 Å². The van der Waals surface area contributed by atoms with Crippen LogP contribution in [-0.4, -0.2) is 21.7 Å². The minimum absolute atomic E-state index is 0.524. The van der Waals surface area contributed by atoms with Crippen LogP contribution in [0.15, 0.2) is 30.6 Å². The van der Waals surface area contributed by atoms with Crippen molar-refractivity contribution in [2.45, 2.75) is 18.8 Å². The summed E-state index contributed by atoms with van der Waals surface area (Å²) in [6, 6.07) is 6.05. The summed E-state index contributed by atoms with van der Waals surface area (Å²) < 4.78 is 7.27. The van der Waals surface area contributed by atoms with Crippen LogP contribution in [0, 0.1) is 0 Å². The molecule has 0 bridgehead atoms. The van der Waals surface area contributed by atoms with Crippen LogP contribution in [0.4, 0.5) is 0 Å². The summed E-state index contributed by atoms with van der Waals surface area (Å²) in [5.74, 6) is 1.30. The van der Waals surface area contributed by atoms with E-state index in [0.717, 1.165) is 22.3 Å². The lowest BCUT2D eigenvalue weighted by atomic mass is 10.1. The van der Waals surface area contributed by atoms with Crippen LogP contribution >= 0.6 is 23.2 Å². The molecular formula is C18H15Cl2N3O. The highest BCUT2D eigenvalue weighted by molar-refractivity contribution is 6.37. The number of rotatable bonds is 4. The van der Waals surface area contributed by atoms with Crippen LogP contribution in [0.5, 0.6) is 5.88 Å². The molecule has 1 fully saturated rings.